The van der Waals surface area contributed by atoms with Crippen LogP contribution < -0.4 is 5.32 Å². The Morgan fingerprint density at radius 3 is 2.67 bits per heavy atom. The maximum absolute atomic E-state index is 12.3. The number of anilines is 1. The topological polar surface area (TPSA) is 42.0 Å². The summed E-state index contributed by atoms with van der Waals surface area (Å²) in [6.45, 7) is 0. The number of nitrogens with one attached hydrogen (secondary N) is 1. The zero-order valence-corrected chi connectivity index (χ0v) is 14.4. The van der Waals surface area contributed by atoms with Crippen molar-refractivity contribution in [1.82, 2.24) is 4.98 Å². The summed E-state index contributed by atoms with van der Waals surface area (Å²) in [4.78, 5) is 17.0. The van der Waals surface area contributed by atoms with Crippen molar-refractivity contribution in [1.29, 1.82) is 0 Å². The molecule has 1 saturated carbocycles. The van der Waals surface area contributed by atoms with E-state index in [0.29, 0.717) is 22.2 Å². The molecular weight excluding hydrogens is 340 g/mol. The van der Waals surface area contributed by atoms with E-state index in [1.807, 2.05) is 30.3 Å². The number of benzene rings is 2. The molecule has 0 atom stereocenters. The molecule has 0 saturated heterocycles. The third-order valence-electron chi connectivity index (χ3n) is 3.97. The Morgan fingerprint density at radius 1 is 1.17 bits per heavy atom. The Balaban J connectivity index is 1.49. The smallest absolute Gasteiger partial charge is 0.255 e. The predicted octanol–water partition coefficient (Wildman–Crippen LogP) is 5.59. The lowest BCUT2D eigenvalue weighted by molar-refractivity contribution is 0.102. The summed E-state index contributed by atoms with van der Waals surface area (Å²) >= 11 is 7.66. The first-order valence-electron chi connectivity index (χ1n) is 7.82. The normalized spacial score (nSPS) is 13.7. The molecule has 1 heterocycles. The van der Waals surface area contributed by atoms with Crippen molar-refractivity contribution in [3.05, 3.63) is 69.5 Å². The van der Waals surface area contributed by atoms with Crippen molar-refractivity contribution in [3.8, 4) is 11.3 Å². The molecule has 1 N–H and O–H groups in total. The standard InChI is InChI=1S/C19H15ClN2OS/c20-15-2-1-3-16(10-15)21-18(23)13-6-4-12(5-7-13)17-11-24-19(22-17)14-8-9-14/h1-7,10-11,14H,8-9H2,(H,21,23). The van der Waals surface area contributed by atoms with E-state index in [1.54, 1.807) is 29.5 Å². The Morgan fingerprint density at radius 2 is 1.96 bits per heavy atom. The number of amides is 1. The second-order valence-electron chi connectivity index (χ2n) is 5.89. The minimum absolute atomic E-state index is 0.152. The summed E-state index contributed by atoms with van der Waals surface area (Å²) in [7, 11) is 0. The molecule has 120 valence electrons. The van der Waals surface area contributed by atoms with E-state index >= 15 is 0 Å². The SMILES string of the molecule is O=C(Nc1cccc(Cl)c1)c1ccc(-c2csc(C3CC3)n2)cc1. The summed E-state index contributed by atoms with van der Waals surface area (Å²) in [5, 5.41) is 6.77. The Labute approximate surface area is 149 Å². The first-order chi connectivity index (χ1) is 11.7. The Kier molecular flexibility index (Phi) is 4.08. The molecule has 1 aliphatic rings. The van der Waals surface area contributed by atoms with Crippen LogP contribution in [0.2, 0.25) is 5.02 Å². The summed E-state index contributed by atoms with van der Waals surface area (Å²) in [5.41, 5.74) is 3.32. The highest BCUT2D eigenvalue weighted by atomic mass is 35.5. The number of aromatic nitrogens is 1. The van der Waals surface area contributed by atoms with Crippen LogP contribution >= 0.6 is 22.9 Å². The molecule has 1 aliphatic carbocycles. The molecule has 2 aromatic carbocycles. The van der Waals surface area contributed by atoms with Gasteiger partial charge in [0.15, 0.2) is 0 Å². The Bertz CT molecular complexity index is 884. The van der Waals surface area contributed by atoms with E-state index in [9.17, 15) is 4.79 Å². The third kappa shape index (κ3) is 3.35. The fourth-order valence-electron chi connectivity index (χ4n) is 2.50. The molecule has 24 heavy (non-hydrogen) atoms. The molecule has 0 bridgehead atoms. The second-order valence-corrected chi connectivity index (χ2v) is 7.21. The highest BCUT2D eigenvalue weighted by Crippen LogP contribution is 2.42. The van der Waals surface area contributed by atoms with Crippen LogP contribution in [-0.2, 0) is 0 Å². The largest absolute Gasteiger partial charge is 0.322 e. The first-order valence-corrected chi connectivity index (χ1v) is 9.07. The average molecular weight is 355 g/mol. The van der Waals surface area contributed by atoms with E-state index < -0.39 is 0 Å². The molecule has 1 amide bonds. The number of hydrogen-bond acceptors (Lipinski definition) is 3. The van der Waals surface area contributed by atoms with Gasteiger partial charge in [0, 0.05) is 33.1 Å². The molecule has 4 rings (SSSR count). The van der Waals surface area contributed by atoms with E-state index in [0.717, 1.165) is 11.3 Å². The van der Waals surface area contributed by atoms with Gasteiger partial charge < -0.3 is 5.32 Å². The van der Waals surface area contributed by atoms with Crippen molar-refractivity contribution < 1.29 is 4.79 Å². The van der Waals surface area contributed by atoms with Crippen molar-refractivity contribution in [2.45, 2.75) is 18.8 Å². The molecule has 3 nitrogen and oxygen atoms in total. The van der Waals surface area contributed by atoms with Crippen molar-refractivity contribution in [3.63, 3.8) is 0 Å². The van der Waals surface area contributed by atoms with E-state index in [2.05, 4.69) is 10.7 Å². The number of halogens is 1. The lowest BCUT2D eigenvalue weighted by Gasteiger charge is -2.06. The Hall–Kier alpha value is -2.17. The highest BCUT2D eigenvalue weighted by molar-refractivity contribution is 7.10. The maximum atomic E-state index is 12.3. The second kappa shape index (κ2) is 6.38. The molecule has 0 aliphatic heterocycles. The number of carbonyl (C=O) groups is 1. The van der Waals surface area contributed by atoms with Gasteiger partial charge in [-0.2, -0.15) is 0 Å². The van der Waals surface area contributed by atoms with E-state index in [-0.39, 0.29) is 5.91 Å². The molecule has 1 aromatic heterocycles. The van der Waals surface area contributed by atoms with Crippen LogP contribution in [0.1, 0.15) is 34.1 Å². The molecule has 5 heteroatoms. The van der Waals surface area contributed by atoms with Gasteiger partial charge in [0.25, 0.3) is 5.91 Å². The van der Waals surface area contributed by atoms with Crippen LogP contribution in [0.4, 0.5) is 5.69 Å². The van der Waals surface area contributed by atoms with Crippen LogP contribution in [0.25, 0.3) is 11.3 Å². The van der Waals surface area contributed by atoms with E-state index in [4.69, 9.17) is 16.6 Å². The van der Waals surface area contributed by atoms with E-state index in [1.165, 1.54) is 17.8 Å². The molecule has 1 fully saturated rings. The van der Waals surface area contributed by atoms with Gasteiger partial charge in [-0.3, -0.25) is 4.79 Å². The quantitative estimate of drug-likeness (QED) is 0.663. The van der Waals surface area contributed by atoms with Crippen molar-refractivity contribution in [2.75, 3.05) is 5.32 Å². The highest BCUT2D eigenvalue weighted by Gasteiger charge is 2.26. The van der Waals surface area contributed by atoms with Crippen LogP contribution in [0.5, 0.6) is 0 Å². The minimum Gasteiger partial charge on any atom is -0.322 e. The minimum atomic E-state index is -0.152. The zero-order chi connectivity index (χ0) is 16.5. The maximum Gasteiger partial charge on any atom is 0.255 e. The van der Waals surface area contributed by atoms with Crippen molar-refractivity contribution in [2.24, 2.45) is 0 Å². The lowest BCUT2D eigenvalue weighted by atomic mass is 10.1. The monoisotopic (exact) mass is 354 g/mol. The molecule has 3 aromatic rings. The first kappa shape index (κ1) is 15.4. The third-order valence-corrected chi connectivity index (χ3v) is 5.22. The van der Waals surface area contributed by atoms with Crippen LogP contribution in [-0.4, -0.2) is 10.9 Å². The number of thiazole rings is 1. The predicted molar refractivity (Wildman–Crippen MR) is 98.9 cm³/mol. The van der Waals surface area contributed by atoms with Crippen LogP contribution in [0.15, 0.2) is 53.9 Å². The fraction of sp³-hybridized carbons (Fsp3) is 0.158. The van der Waals surface area contributed by atoms with Crippen molar-refractivity contribution >= 4 is 34.5 Å². The number of carbonyl (C=O) groups excluding carboxylic acids is 1. The number of rotatable bonds is 4. The lowest BCUT2D eigenvalue weighted by Crippen LogP contribution is -2.11. The fourth-order valence-corrected chi connectivity index (χ4v) is 3.69. The summed E-state index contributed by atoms with van der Waals surface area (Å²) in [5.74, 6) is 0.521. The van der Waals surface area contributed by atoms with Gasteiger partial charge in [-0.15, -0.1) is 11.3 Å². The van der Waals surface area contributed by atoms with Crippen LogP contribution in [0, 0.1) is 0 Å². The van der Waals surface area contributed by atoms with Gasteiger partial charge >= 0.3 is 0 Å². The molecule has 0 spiro atoms. The molecular formula is C19H15ClN2OS. The van der Waals surface area contributed by atoms with Gasteiger partial charge in [-0.05, 0) is 43.2 Å². The van der Waals surface area contributed by atoms with Gasteiger partial charge in [-0.1, -0.05) is 29.8 Å². The number of nitrogens with zero attached hydrogens (tertiary/aromatic N) is 1. The number of hydrogen-bond donors (Lipinski definition) is 1. The van der Waals surface area contributed by atoms with Gasteiger partial charge in [0.1, 0.15) is 0 Å². The summed E-state index contributed by atoms with van der Waals surface area (Å²) in [6.07, 6.45) is 2.52. The van der Waals surface area contributed by atoms with Gasteiger partial charge in [-0.25, -0.2) is 4.98 Å². The van der Waals surface area contributed by atoms with Gasteiger partial charge in [0.05, 0.1) is 10.7 Å². The molecule has 0 unspecified atom stereocenters. The summed E-state index contributed by atoms with van der Waals surface area (Å²) in [6, 6.07) is 14.7. The molecule has 0 radical (unpaired) electrons. The average Bonchev–Trinajstić information content (AvgIpc) is 3.32. The van der Waals surface area contributed by atoms with Gasteiger partial charge in [0.2, 0.25) is 0 Å². The van der Waals surface area contributed by atoms with Crippen LogP contribution in [0.3, 0.4) is 0 Å². The summed E-state index contributed by atoms with van der Waals surface area (Å²) < 4.78 is 0. The zero-order valence-electron chi connectivity index (χ0n) is 12.8.